The smallest absolute Gasteiger partial charge is 0.277 e. The SMILES string of the molecule is [Cl-].[NH3+]c1ccccc1-c1ccccc1[N+](=O)[O-]. The molecule has 0 aliphatic heterocycles. The van der Waals surface area contributed by atoms with Crippen molar-refractivity contribution in [2.24, 2.45) is 0 Å². The van der Waals surface area contributed by atoms with Crippen LogP contribution in [0.5, 0.6) is 0 Å². The zero-order valence-corrected chi connectivity index (χ0v) is 9.72. The van der Waals surface area contributed by atoms with Crippen molar-refractivity contribution in [2.45, 2.75) is 0 Å². The second-order valence-electron chi connectivity index (χ2n) is 3.43. The fourth-order valence-electron chi connectivity index (χ4n) is 1.64. The molecule has 0 saturated heterocycles. The number of hydrogen-bond acceptors (Lipinski definition) is 2. The van der Waals surface area contributed by atoms with E-state index in [0.29, 0.717) is 5.56 Å². The summed E-state index contributed by atoms with van der Waals surface area (Å²) in [6.07, 6.45) is 0. The van der Waals surface area contributed by atoms with Gasteiger partial charge in [-0.3, -0.25) is 10.1 Å². The molecule has 0 bridgehead atoms. The number of nitrogens with zero attached hydrogens (tertiary/aromatic N) is 1. The number of rotatable bonds is 2. The molecule has 5 heteroatoms. The summed E-state index contributed by atoms with van der Waals surface area (Å²) >= 11 is 0. The lowest BCUT2D eigenvalue weighted by atomic mass is 10.0. The molecule has 0 amide bonds. The fourth-order valence-corrected chi connectivity index (χ4v) is 1.64. The molecule has 0 atom stereocenters. The summed E-state index contributed by atoms with van der Waals surface area (Å²) in [6.45, 7) is 0. The van der Waals surface area contributed by atoms with E-state index in [1.165, 1.54) is 6.07 Å². The summed E-state index contributed by atoms with van der Waals surface area (Å²) in [7, 11) is 0. The molecule has 88 valence electrons. The first-order valence-electron chi connectivity index (χ1n) is 4.85. The van der Waals surface area contributed by atoms with Crippen LogP contribution in [0.2, 0.25) is 0 Å². The normalized spacial score (nSPS) is 9.47. The number of quaternary nitrogens is 1. The van der Waals surface area contributed by atoms with Crippen molar-refractivity contribution in [2.75, 3.05) is 0 Å². The average Bonchev–Trinajstić information content (AvgIpc) is 2.29. The highest BCUT2D eigenvalue weighted by molar-refractivity contribution is 5.79. The van der Waals surface area contributed by atoms with E-state index >= 15 is 0 Å². The molecule has 0 radical (unpaired) electrons. The van der Waals surface area contributed by atoms with Crippen molar-refractivity contribution in [3.63, 3.8) is 0 Å². The molecular formula is C12H11ClN2O2. The minimum absolute atomic E-state index is 0. The molecular weight excluding hydrogens is 240 g/mol. The summed E-state index contributed by atoms with van der Waals surface area (Å²) in [5, 5.41) is 10.9. The highest BCUT2D eigenvalue weighted by Crippen LogP contribution is 2.32. The Morgan fingerprint density at radius 3 is 2.06 bits per heavy atom. The molecule has 0 aliphatic carbocycles. The molecule has 2 rings (SSSR count). The van der Waals surface area contributed by atoms with E-state index in [9.17, 15) is 10.1 Å². The molecule has 0 aromatic heterocycles. The Morgan fingerprint density at radius 2 is 1.47 bits per heavy atom. The standard InChI is InChI=1S/C12H10N2O2.ClH/c13-11-7-3-1-5-9(11)10-6-2-4-8-12(10)14(15)16;/h1-8H,13H2;1H. The number of benzene rings is 2. The van der Waals surface area contributed by atoms with E-state index < -0.39 is 0 Å². The van der Waals surface area contributed by atoms with Crippen molar-refractivity contribution in [3.05, 3.63) is 58.6 Å². The van der Waals surface area contributed by atoms with Gasteiger partial charge in [-0.1, -0.05) is 24.3 Å². The number of hydrogen-bond donors (Lipinski definition) is 1. The lowest BCUT2D eigenvalue weighted by Gasteiger charge is -2.03. The summed E-state index contributed by atoms with van der Waals surface area (Å²) in [4.78, 5) is 10.5. The zero-order valence-electron chi connectivity index (χ0n) is 8.97. The van der Waals surface area contributed by atoms with E-state index in [-0.39, 0.29) is 23.0 Å². The van der Waals surface area contributed by atoms with Gasteiger partial charge < -0.3 is 18.1 Å². The van der Waals surface area contributed by atoms with Crippen LogP contribution in [0.15, 0.2) is 48.5 Å². The van der Waals surface area contributed by atoms with Gasteiger partial charge in [0, 0.05) is 11.6 Å². The topological polar surface area (TPSA) is 70.8 Å². The van der Waals surface area contributed by atoms with E-state index in [4.69, 9.17) is 0 Å². The first kappa shape index (κ1) is 13.2. The Balaban J connectivity index is 0.00000144. The number of halogens is 1. The predicted molar refractivity (Wildman–Crippen MR) is 61.1 cm³/mol. The molecule has 2 aromatic rings. The molecule has 0 aliphatic rings. The summed E-state index contributed by atoms with van der Waals surface area (Å²) in [6, 6.07) is 14.1. The Hall–Kier alpha value is -1.91. The minimum atomic E-state index is -0.373. The maximum atomic E-state index is 10.9. The summed E-state index contributed by atoms with van der Waals surface area (Å²) in [5.74, 6) is 0. The highest BCUT2D eigenvalue weighted by Gasteiger charge is 2.16. The van der Waals surface area contributed by atoms with Gasteiger partial charge in [-0.05, 0) is 18.2 Å². The lowest BCUT2D eigenvalue weighted by molar-refractivity contribution is -0.384. The van der Waals surface area contributed by atoms with Gasteiger partial charge in [0.15, 0.2) is 0 Å². The maximum absolute atomic E-state index is 10.9. The van der Waals surface area contributed by atoms with Crippen LogP contribution in [-0.4, -0.2) is 4.92 Å². The first-order chi connectivity index (χ1) is 7.70. The van der Waals surface area contributed by atoms with Crippen molar-refractivity contribution in [1.29, 1.82) is 0 Å². The number of nitro groups is 1. The Labute approximate surface area is 105 Å². The maximum Gasteiger partial charge on any atom is 0.277 e. The molecule has 4 nitrogen and oxygen atoms in total. The average molecular weight is 251 g/mol. The first-order valence-corrected chi connectivity index (χ1v) is 4.85. The van der Waals surface area contributed by atoms with Crippen LogP contribution < -0.4 is 18.1 Å². The van der Waals surface area contributed by atoms with Crippen LogP contribution in [0.3, 0.4) is 0 Å². The van der Waals surface area contributed by atoms with Crippen LogP contribution in [0, 0.1) is 10.1 Å². The van der Waals surface area contributed by atoms with Crippen molar-refractivity contribution in [3.8, 4) is 11.1 Å². The molecule has 2 aromatic carbocycles. The number of nitro benzene ring substituents is 1. The van der Waals surface area contributed by atoms with Crippen LogP contribution in [0.4, 0.5) is 11.4 Å². The molecule has 0 unspecified atom stereocenters. The fraction of sp³-hybridized carbons (Fsp3) is 0. The summed E-state index contributed by atoms with van der Waals surface area (Å²) in [5.41, 5.74) is 6.18. The van der Waals surface area contributed by atoms with Gasteiger partial charge in [-0.2, -0.15) is 0 Å². The zero-order chi connectivity index (χ0) is 11.5. The molecule has 0 fully saturated rings. The quantitative estimate of drug-likeness (QED) is 0.557. The van der Waals surface area contributed by atoms with E-state index in [2.05, 4.69) is 5.73 Å². The largest absolute Gasteiger partial charge is 1.00 e. The molecule has 17 heavy (non-hydrogen) atoms. The number of para-hydroxylation sites is 1. The van der Waals surface area contributed by atoms with E-state index in [1.807, 2.05) is 24.3 Å². The highest BCUT2D eigenvalue weighted by atomic mass is 35.5. The minimum Gasteiger partial charge on any atom is -1.00 e. The van der Waals surface area contributed by atoms with Gasteiger partial charge in [0.05, 0.1) is 10.5 Å². The van der Waals surface area contributed by atoms with Gasteiger partial charge in [0.25, 0.3) is 5.69 Å². The Kier molecular flexibility index (Phi) is 4.20. The molecule has 3 N–H and O–H groups in total. The van der Waals surface area contributed by atoms with Crippen molar-refractivity contribution < 1.29 is 23.1 Å². The van der Waals surface area contributed by atoms with Gasteiger partial charge >= 0.3 is 0 Å². The molecule has 0 saturated carbocycles. The third-order valence-electron chi connectivity index (χ3n) is 2.41. The molecule has 0 heterocycles. The van der Waals surface area contributed by atoms with Crippen LogP contribution >= 0.6 is 0 Å². The monoisotopic (exact) mass is 250 g/mol. The Morgan fingerprint density at radius 1 is 0.941 bits per heavy atom. The van der Waals surface area contributed by atoms with Crippen LogP contribution in [0.25, 0.3) is 11.1 Å². The second kappa shape index (κ2) is 5.43. The Bertz CT molecular complexity index is 544. The van der Waals surface area contributed by atoms with Gasteiger partial charge in [-0.15, -0.1) is 0 Å². The van der Waals surface area contributed by atoms with E-state index in [1.54, 1.807) is 18.2 Å². The van der Waals surface area contributed by atoms with Gasteiger partial charge in [-0.25, -0.2) is 0 Å². The van der Waals surface area contributed by atoms with Gasteiger partial charge in [0.1, 0.15) is 5.69 Å². The van der Waals surface area contributed by atoms with Crippen molar-refractivity contribution >= 4 is 11.4 Å². The third kappa shape index (κ3) is 2.61. The third-order valence-corrected chi connectivity index (χ3v) is 2.41. The lowest BCUT2D eigenvalue weighted by Crippen LogP contribution is -3.00. The predicted octanol–water partition coefficient (Wildman–Crippen LogP) is -0.861. The van der Waals surface area contributed by atoms with Gasteiger partial charge in [0.2, 0.25) is 0 Å². The van der Waals surface area contributed by atoms with Crippen molar-refractivity contribution in [1.82, 2.24) is 0 Å². The van der Waals surface area contributed by atoms with Crippen LogP contribution in [-0.2, 0) is 0 Å². The molecule has 0 spiro atoms. The summed E-state index contributed by atoms with van der Waals surface area (Å²) < 4.78 is 0. The van der Waals surface area contributed by atoms with E-state index in [0.717, 1.165) is 11.3 Å². The van der Waals surface area contributed by atoms with Crippen LogP contribution in [0.1, 0.15) is 0 Å². The second-order valence-corrected chi connectivity index (χ2v) is 3.43.